The number of rotatable bonds is 6. The Balaban J connectivity index is 2.51. The largest absolute Gasteiger partial charge is 0.385 e. The van der Waals surface area contributed by atoms with Gasteiger partial charge in [-0.3, -0.25) is 4.79 Å². The number of carbonyl (C=O) groups is 1. The second kappa shape index (κ2) is 6.28. The molecule has 0 aliphatic carbocycles. The van der Waals surface area contributed by atoms with Crippen molar-refractivity contribution in [1.29, 1.82) is 0 Å². The number of nitrogens with two attached hydrogens (primary N) is 1. The minimum atomic E-state index is 0.266. The summed E-state index contributed by atoms with van der Waals surface area (Å²) >= 11 is 0. The van der Waals surface area contributed by atoms with Gasteiger partial charge in [0.25, 0.3) is 0 Å². The molecule has 1 rings (SSSR count). The average Bonchev–Trinajstić information content (AvgIpc) is 2.30. The maximum Gasteiger partial charge on any atom is 0.150 e. The van der Waals surface area contributed by atoms with Crippen LogP contribution in [0.5, 0.6) is 0 Å². The van der Waals surface area contributed by atoms with Crippen molar-refractivity contribution in [3.63, 3.8) is 0 Å². The van der Waals surface area contributed by atoms with Crippen molar-refractivity contribution in [2.24, 2.45) is 5.73 Å². The first-order chi connectivity index (χ1) is 7.67. The highest BCUT2D eigenvalue weighted by molar-refractivity contribution is 5.76. The van der Waals surface area contributed by atoms with Crippen LogP contribution in [0.25, 0.3) is 0 Å². The molecule has 16 heavy (non-hydrogen) atoms. The molecule has 3 N–H and O–H groups in total. The maximum atomic E-state index is 10.6. The molecule has 0 saturated heterocycles. The van der Waals surface area contributed by atoms with Crippen LogP contribution in [0.15, 0.2) is 18.2 Å². The highest BCUT2D eigenvalue weighted by atomic mass is 16.1. The van der Waals surface area contributed by atoms with Crippen molar-refractivity contribution in [3.05, 3.63) is 29.3 Å². The van der Waals surface area contributed by atoms with Gasteiger partial charge in [-0.2, -0.15) is 0 Å². The van der Waals surface area contributed by atoms with Gasteiger partial charge in [0.1, 0.15) is 6.29 Å². The summed E-state index contributed by atoms with van der Waals surface area (Å²) in [7, 11) is 0. The molecule has 0 spiro atoms. The van der Waals surface area contributed by atoms with E-state index in [-0.39, 0.29) is 6.04 Å². The van der Waals surface area contributed by atoms with E-state index in [9.17, 15) is 4.79 Å². The summed E-state index contributed by atoms with van der Waals surface area (Å²) in [6.07, 6.45) is 2.83. The van der Waals surface area contributed by atoms with Crippen LogP contribution in [0.1, 0.15) is 35.7 Å². The van der Waals surface area contributed by atoms with Crippen molar-refractivity contribution in [3.8, 4) is 0 Å². The third-order valence-corrected chi connectivity index (χ3v) is 2.74. The molecule has 0 aliphatic rings. The Morgan fingerprint density at radius 3 is 2.81 bits per heavy atom. The minimum Gasteiger partial charge on any atom is -0.385 e. The Bertz CT molecular complexity index is 350. The molecular weight excluding hydrogens is 200 g/mol. The lowest BCUT2D eigenvalue weighted by molar-refractivity contribution is 0.112. The fraction of sp³-hybridized carbons (Fsp3) is 0.462. The van der Waals surface area contributed by atoms with E-state index in [1.165, 1.54) is 0 Å². The molecule has 0 aliphatic heterocycles. The van der Waals surface area contributed by atoms with Crippen LogP contribution in [-0.4, -0.2) is 18.9 Å². The Kier molecular flexibility index (Phi) is 4.99. The summed E-state index contributed by atoms with van der Waals surface area (Å²) in [6.45, 7) is 4.96. The third-order valence-electron chi connectivity index (χ3n) is 2.74. The molecule has 1 unspecified atom stereocenters. The Labute approximate surface area is 97.0 Å². The molecule has 0 radical (unpaired) electrons. The molecule has 88 valence electrons. The van der Waals surface area contributed by atoms with E-state index in [1.54, 1.807) is 0 Å². The lowest BCUT2D eigenvalue weighted by Gasteiger charge is -2.12. The van der Waals surface area contributed by atoms with Gasteiger partial charge in [-0.15, -0.1) is 0 Å². The van der Waals surface area contributed by atoms with Crippen LogP contribution >= 0.6 is 0 Å². The number of anilines is 1. The van der Waals surface area contributed by atoms with E-state index in [0.29, 0.717) is 5.56 Å². The minimum absolute atomic E-state index is 0.266. The van der Waals surface area contributed by atoms with Gasteiger partial charge in [0.05, 0.1) is 0 Å². The highest BCUT2D eigenvalue weighted by Gasteiger charge is 2.01. The van der Waals surface area contributed by atoms with E-state index in [4.69, 9.17) is 5.73 Å². The standard InChI is InChI=1S/C13H20N2O/c1-3-12(14)6-7-15-13-5-4-11(9-16)8-10(13)2/h4-5,8-9,12,15H,3,6-7,14H2,1-2H3. The quantitative estimate of drug-likeness (QED) is 0.723. The normalized spacial score (nSPS) is 12.2. The van der Waals surface area contributed by atoms with Crippen LogP contribution in [-0.2, 0) is 0 Å². The molecule has 3 nitrogen and oxygen atoms in total. The fourth-order valence-electron chi connectivity index (χ4n) is 1.55. The summed E-state index contributed by atoms with van der Waals surface area (Å²) in [5, 5.41) is 3.33. The van der Waals surface area contributed by atoms with Gasteiger partial charge in [-0.05, 0) is 43.5 Å². The predicted octanol–water partition coefficient (Wildman–Crippen LogP) is 2.35. The van der Waals surface area contributed by atoms with Crippen molar-refractivity contribution >= 4 is 12.0 Å². The molecule has 3 heteroatoms. The van der Waals surface area contributed by atoms with E-state index in [1.807, 2.05) is 25.1 Å². The van der Waals surface area contributed by atoms with E-state index < -0.39 is 0 Å². The second-order valence-corrected chi connectivity index (χ2v) is 4.08. The van der Waals surface area contributed by atoms with Crippen LogP contribution in [0.3, 0.4) is 0 Å². The first kappa shape index (κ1) is 12.7. The van der Waals surface area contributed by atoms with Gasteiger partial charge >= 0.3 is 0 Å². The van der Waals surface area contributed by atoms with Crippen LogP contribution in [0, 0.1) is 6.92 Å². The second-order valence-electron chi connectivity index (χ2n) is 4.08. The number of carbonyl (C=O) groups excluding carboxylic acids is 1. The van der Waals surface area contributed by atoms with Crippen molar-refractivity contribution in [1.82, 2.24) is 0 Å². The number of hydrogen-bond acceptors (Lipinski definition) is 3. The number of aldehydes is 1. The monoisotopic (exact) mass is 220 g/mol. The number of aryl methyl sites for hydroxylation is 1. The molecular formula is C13H20N2O. The SMILES string of the molecule is CCC(N)CCNc1ccc(C=O)cc1C. The maximum absolute atomic E-state index is 10.6. The van der Waals surface area contributed by atoms with E-state index >= 15 is 0 Å². The third kappa shape index (κ3) is 3.66. The molecule has 1 aromatic rings. The molecule has 0 saturated carbocycles. The molecule has 0 bridgehead atoms. The summed E-state index contributed by atoms with van der Waals surface area (Å²) in [4.78, 5) is 10.6. The highest BCUT2D eigenvalue weighted by Crippen LogP contribution is 2.15. The van der Waals surface area contributed by atoms with Gasteiger partial charge in [0.2, 0.25) is 0 Å². The fourth-order valence-corrected chi connectivity index (χ4v) is 1.55. The van der Waals surface area contributed by atoms with Gasteiger partial charge in [0.15, 0.2) is 0 Å². The van der Waals surface area contributed by atoms with Crippen LogP contribution < -0.4 is 11.1 Å². The Morgan fingerprint density at radius 1 is 1.50 bits per heavy atom. The number of hydrogen-bond donors (Lipinski definition) is 2. The number of nitrogens with one attached hydrogen (secondary N) is 1. The number of benzene rings is 1. The van der Waals surface area contributed by atoms with E-state index in [2.05, 4.69) is 12.2 Å². The lowest BCUT2D eigenvalue weighted by atomic mass is 10.1. The van der Waals surface area contributed by atoms with Gasteiger partial charge in [0, 0.05) is 23.8 Å². The Hall–Kier alpha value is -1.35. The zero-order chi connectivity index (χ0) is 12.0. The molecule has 0 fully saturated rings. The van der Waals surface area contributed by atoms with Crippen molar-refractivity contribution < 1.29 is 4.79 Å². The van der Waals surface area contributed by atoms with Gasteiger partial charge in [-0.25, -0.2) is 0 Å². The molecule has 1 aromatic carbocycles. The molecule has 0 amide bonds. The van der Waals surface area contributed by atoms with Crippen molar-refractivity contribution in [2.75, 3.05) is 11.9 Å². The van der Waals surface area contributed by atoms with Crippen molar-refractivity contribution in [2.45, 2.75) is 32.7 Å². The van der Waals surface area contributed by atoms with Gasteiger partial charge < -0.3 is 11.1 Å². The Morgan fingerprint density at radius 2 is 2.25 bits per heavy atom. The molecule has 0 heterocycles. The predicted molar refractivity (Wildman–Crippen MR) is 67.9 cm³/mol. The average molecular weight is 220 g/mol. The van der Waals surface area contributed by atoms with Gasteiger partial charge in [-0.1, -0.05) is 6.92 Å². The summed E-state index contributed by atoms with van der Waals surface area (Å²) in [6, 6.07) is 5.91. The molecule has 0 aromatic heterocycles. The first-order valence-corrected chi connectivity index (χ1v) is 5.72. The zero-order valence-corrected chi connectivity index (χ0v) is 9.99. The lowest BCUT2D eigenvalue weighted by Crippen LogP contribution is -2.22. The van der Waals surface area contributed by atoms with Crippen LogP contribution in [0.2, 0.25) is 0 Å². The van der Waals surface area contributed by atoms with Crippen LogP contribution in [0.4, 0.5) is 5.69 Å². The zero-order valence-electron chi connectivity index (χ0n) is 9.99. The summed E-state index contributed by atoms with van der Waals surface area (Å²) in [5.41, 5.74) is 8.72. The first-order valence-electron chi connectivity index (χ1n) is 5.72. The summed E-state index contributed by atoms with van der Waals surface area (Å²) in [5.74, 6) is 0. The summed E-state index contributed by atoms with van der Waals surface area (Å²) < 4.78 is 0. The van der Waals surface area contributed by atoms with E-state index in [0.717, 1.165) is 36.9 Å². The molecule has 1 atom stereocenters. The smallest absolute Gasteiger partial charge is 0.150 e. The topological polar surface area (TPSA) is 55.1 Å².